The van der Waals surface area contributed by atoms with E-state index in [2.05, 4.69) is 15.5 Å². The topological polar surface area (TPSA) is 92.3 Å². The number of aromatic nitrogens is 2. The third kappa shape index (κ3) is 4.06. The van der Waals surface area contributed by atoms with Gasteiger partial charge in [-0.2, -0.15) is 15.6 Å². The molecule has 1 aromatic carbocycles. The van der Waals surface area contributed by atoms with Gasteiger partial charge in [-0.15, -0.1) is 21.5 Å². The van der Waals surface area contributed by atoms with Gasteiger partial charge in [-0.05, 0) is 53.1 Å². The monoisotopic (exact) mass is 488 g/mol. The zero-order chi connectivity index (χ0) is 21.4. The Kier molecular flexibility index (Phi) is 5.44. The minimum absolute atomic E-state index is 0.107. The Morgan fingerprint density at radius 3 is 2.87 bits per heavy atom. The number of anilines is 1. The largest absolute Gasteiger partial charge is 0.296 e. The molecule has 7 nitrogen and oxygen atoms in total. The van der Waals surface area contributed by atoms with Crippen LogP contribution in [0.3, 0.4) is 0 Å². The van der Waals surface area contributed by atoms with Crippen molar-refractivity contribution >= 4 is 55.1 Å². The molecule has 5 rings (SSSR count). The van der Waals surface area contributed by atoms with Crippen molar-refractivity contribution in [3.05, 3.63) is 68.5 Å². The van der Waals surface area contributed by atoms with E-state index in [9.17, 15) is 13.2 Å². The predicted molar refractivity (Wildman–Crippen MR) is 123 cm³/mol. The van der Waals surface area contributed by atoms with E-state index < -0.39 is 15.9 Å². The van der Waals surface area contributed by atoms with Crippen molar-refractivity contribution < 1.29 is 13.2 Å². The highest BCUT2D eigenvalue weighted by atomic mass is 32.2. The summed E-state index contributed by atoms with van der Waals surface area (Å²) >= 11 is 4.48. The fourth-order valence-electron chi connectivity index (χ4n) is 3.32. The van der Waals surface area contributed by atoms with Gasteiger partial charge in [0.2, 0.25) is 15.2 Å². The molecule has 158 valence electrons. The van der Waals surface area contributed by atoms with Crippen LogP contribution >= 0.6 is 34.0 Å². The molecule has 0 fully saturated rings. The molecule has 0 radical (unpaired) electrons. The maximum absolute atomic E-state index is 13.2. The van der Waals surface area contributed by atoms with Gasteiger partial charge in [0.25, 0.3) is 5.91 Å². The first-order valence-electron chi connectivity index (χ1n) is 9.33. The molecular weight excluding hydrogens is 473 g/mol. The summed E-state index contributed by atoms with van der Waals surface area (Å²) in [5.74, 6) is -0.427. The summed E-state index contributed by atoms with van der Waals surface area (Å²) in [6.07, 6.45) is 0.704. The molecule has 11 heteroatoms. The second-order valence-corrected chi connectivity index (χ2v) is 11.6. The zero-order valence-electron chi connectivity index (χ0n) is 16.0. The van der Waals surface area contributed by atoms with Gasteiger partial charge in [0.05, 0.1) is 4.90 Å². The number of fused-ring (bicyclic) bond motifs is 1. The standard InChI is InChI=1S/C20H16N4O3S4/c25-18(21-20-23-22-19(30-20)15-5-8-28-12-15)13-2-1-3-16(10-13)31(26,27)24-7-4-17-14(11-24)6-9-29-17/h1-3,5-6,8-10,12H,4,7,11H2,(H,21,23,25). The summed E-state index contributed by atoms with van der Waals surface area (Å²) in [7, 11) is -3.70. The van der Waals surface area contributed by atoms with Gasteiger partial charge >= 0.3 is 0 Å². The maximum atomic E-state index is 13.2. The average molecular weight is 489 g/mol. The number of benzene rings is 1. The summed E-state index contributed by atoms with van der Waals surface area (Å²) in [6.45, 7) is 0.788. The summed E-state index contributed by atoms with van der Waals surface area (Å²) in [6, 6.07) is 10.0. The van der Waals surface area contributed by atoms with Crippen molar-refractivity contribution in [3.8, 4) is 10.6 Å². The molecule has 4 heterocycles. The Labute approximate surface area is 191 Å². The lowest BCUT2D eigenvalue weighted by molar-refractivity contribution is 0.102. The second kappa shape index (κ2) is 8.24. The SMILES string of the molecule is O=C(Nc1nnc(-c2ccsc2)s1)c1cccc(S(=O)(=O)N2CCc3sccc3C2)c1. The number of carbonyl (C=O) groups is 1. The van der Waals surface area contributed by atoms with Crippen LogP contribution < -0.4 is 5.32 Å². The maximum Gasteiger partial charge on any atom is 0.257 e. The van der Waals surface area contributed by atoms with E-state index in [0.29, 0.717) is 29.6 Å². The van der Waals surface area contributed by atoms with E-state index in [1.807, 2.05) is 28.3 Å². The predicted octanol–water partition coefficient (Wildman–Crippen LogP) is 4.33. The molecule has 1 amide bonds. The van der Waals surface area contributed by atoms with E-state index in [4.69, 9.17) is 0 Å². The first-order valence-corrected chi connectivity index (χ1v) is 13.4. The molecule has 0 saturated carbocycles. The lowest BCUT2D eigenvalue weighted by atomic mass is 10.1. The van der Waals surface area contributed by atoms with Crippen molar-refractivity contribution in [2.75, 3.05) is 11.9 Å². The van der Waals surface area contributed by atoms with Gasteiger partial charge in [-0.3, -0.25) is 10.1 Å². The number of thiophene rings is 2. The molecule has 0 atom stereocenters. The fourth-order valence-corrected chi connectivity index (χ4v) is 7.13. The summed E-state index contributed by atoms with van der Waals surface area (Å²) in [4.78, 5) is 14.1. The van der Waals surface area contributed by atoms with Gasteiger partial charge in [0.1, 0.15) is 5.01 Å². The van der Waals surface area contributed by atoms with Crippen LogP contribution in [0.4, 0.5) is 5.13 Å². The van der Waals surface area contributed by atoms with Crippen molar-refractivity contribution in [2.45, 2.75) is 17.9 Å². The lowest BCUT2D eigenvalue weighted by Gasteiger charge is -2.26. The van der Waals surface area contributed by atoms with Gasteiger partial charge in [-0.1, -0.05) is 17.4 Å². The van der Waals surface area contributed by atoms with Crippen LogP contribution in [0.5, 0.6) is 0 Å². The number of amides is 1. The van der Waals surface area contributed by atoms with Crippen molar-refractivity contribution in [2.24, 2.45) is 0 Å². The molecule has 1 aliphatic heterocycles. The van der Waals surface area contributed by atoms with E-state index >= 15 is 0 Å². The fraction of sp³-hybridized carbons (Fsp3) is 0.150. The molecule has 0 bridgehead atoms. The number of sulfonamides is 1. The second-order valence-electron chi connectivity index (χ2n) is 6.86. The van der Waals surface area contributed by atoms with Gasteiger partial charge in [-0.25, -0.2) is 8.42 Å². The van der Waals surface area contributed by atoms with Crippen LogP contribution in [0.25, 0.3) is 10.6 Å². The average Bonchev–Trinajstić information content (AvgIpc) is 3.54. The highest BCUT2D eigenvalue weighted by Crippen LogP contribution is 2.30. The minimum atomic E-state index is -3.70. The number of hydrogen-bond donors (Lipinski definition) is 1. The van der Waals surface area contributed by atoms with Crippen LogP contribution in [0.15, 0.2) is 57.4 Å². The minimum Gasteiger partial charge on any atom is -0.296 e. The Bertz CT molecular complexity index is 1340. The highest BCUT2D eigenvalue weighted by Gasteiger charge is 2.29. The van der Waals surface area contributed by atoms with E-state index in [0.717, 1.165) is 11.1 Å². The molecule has 1 aliphatic rings. The van der Waals surface area contributed by atoms with E-state index in [1.54, 1.807) is 34.8 Å². The molecule has 3 aromatic heterocycles. The van der Waals surface area contributed by atoms with E-state index in [-0.39, 0.29) is 10.5 Å². The zero-order valence-corrected chi connectivity index (χ0v) is 19.3. The Morgan fingerprint density at radius 1 is 1.13 bits per heavy atom. The summed E-state index contributed by atoms with van der Waals surface area (Å²) in [5, 5.41) is 17.8. The number of rotatable bonds is 5. The molecule has 1 N–H and O–H groups in total. The highest BCUT2D eigenvalue weighted by molar-refractivity contribution is 7.89. The number of nitrogens with one attached hydrogen (secondary N) is 1. The molecular formula is C20H16N4O3S4. The molecule has 0 spiro atoms. The van der Waals surface area contributed by atoms with Crippen molar-refractivity contribution in [1.29, 1.82) is 0 Å². The van der Waals surface area contributed by atoms with Crippen LogP contribution in [-0.2, 0) is 23.0 Å². The molecule has 0 aliphatic carbocycles. The first-order chi connectivity index (χ1) is 15.0. The van der Waals surface area contributed by atoms with Crippen LogP contribution in [0.2, 0.25) is 0 Å². The first kappa shape index (κ1) is 20.5. The lowest BCUT2D eigenvalue weighted by Crippen LogP contribution is -2.35. The number of hydrogen-bond acceptors (Lipinski definition) is 8. The summed E-state index contributed by atoms with van der Waals surface area (Å²) < 4.78 is 27.8. The smallest absolute Gasteiger partial charge is 0.257 e. The Morgan fingerprint density at radius 2 is 2.03 bits per heavy atom. The molecule has 0 unspecified atom stereocenters. The van der Waals surface area contributed by atoms with Gasteiger partial charge in [0.15, 0.2) is 0 Å². The third-order valence-electron chi connectivity index (χ3n) is 4.92. The Balaban J connectivity index is 1.34. The normalized spacial score (nSPS) is 14.3. The number of nitrogens with zero attached hydrogens (tertiary/aromatic N) is 3. The van der Waals surface area contributed by atoms with Crippen molar-refractivity contribution in [3.63, 3.8) is 0 Å². The van der Waals surface area contributed by atoms with Gasteiger partial charge in [0, 0.05) is 34.5 Å². The molecule has 31 heavy (non-hydrogen) atoms. The summed E-state index contributed by atoms with van der Waals surface area (Å²) in [5.41, 5.74) is 2.25. The van der Waals surface area contributed by atoms with Crippen LogP contribution in [-0.4, -0.2) is 35.4 Å². The van der Waals surface area contributed by atoms with Gasteiger partial charge < -0.3 is 0 Å². The molecule has 0 saturated heterocycles. The van der Waals surface area contributed by atoms with Crippen molar-refractivity contribution in [1.82, 2.24) is 14.5 Å². The van der Waals surface area contributed by atoms with Crippen LogP contribution in [0.1, 0.15) is 20.8 Å². The number of carbonyl (C=O) groups excluding carboxylic acids is 1. The van der Waals surface area contributed by atoms with E-state index in [1.165, 1.54) is 32.7 Å². The quantitative estimate of drug-likeness (QED) is 0.451. The third-order valence-corrected chi connectivity index (χ3v) is 9.36. The molecule has 4 aromatic rings. The Hall–Kier alpha value is -2.44. The van der Waals surface area contributed by atoms with Crippen LogP contribution in [0, 0.1) is 0 Å².